The number of hydrogen-bond donors (Lipinski definition) is 3. The summed E-state index contributed by atoms with van der Waals surface area (Å²) in [4.78, 5) is 26.6. The number of aromatic amines is 1. The van der Waals surface area contributed by atoms with Crippen LogP contribution in [-0.2, 0) is 25.4 Å². The van der Waals surface area contributed by atoms with Gasteiger partial charge in [-0.25, -0.2) is 4.79 Å². The highest BCUT2D eigenvalue weighted by Gasteiger charge is 2.37. The summed E-state index contributed by atoms with van der Waals surface area (Å²) >= 11 is 0. The van der Waals surface area contributed by atoms with E-state index in [0.29, 0.717) is 11.4 Å². The average Bonchev–Trinajstić information content (AvgIpc) is 3.04. The fraction of sp³-hybridized carbons (Fsp3) is 0.600. The molecule has 0 amide bonds. The molecule has 0 radical (unpaired) electrons. The summed E-state index contributed by atoms with van der Waals surface area (Å²) in [5, 5.41) is 19.5. The predicted octanol–water partition coefficient (Wildman–Crippen LogP) is 0.0901. The molecule has 1 saturated heterocycles. The number of aliphatic hydroxyl groups excluding tert-OH is 2. The van der Waals surface area contributed by atoms with E-state index in [0.717, 1.165) is 0 Å². The summed E-state index contributed by atoms with van der Waals surface area (Å²) < 4.78 is 15.2. The van der Waals surface area contributed by atoms with Crippen LogP contribution in [0.25, 0.3) is 0 Å². The fourth-order valence-corrected chi connectivity index (χ4v) is 2.44. The number of esters is 2. The van der Waals surface area contributed by atoms with Crippen LogP contribution in [0.2, 0.25) is 0 Å². The average molecular weight is 327 g/mol. The molecule has 1 aromatic heterocycles. The third kappa shape index (κ3) is 3.90. The number of rotatable bonds is 6. The quantitative estimate of drug-likeness (QED) is 0.634. The van der Waals surface area contributed by atoms with Gasteiger partial charge in [0.25, 0.3) is 0 Å². The SMILES string of the molecule is CCOC(=O)Cc1[nH]c([C@H]2OC[C@@H](O)[C@@H]2O)cc1C(=O)OCC. The minimum absolute atomic E-state index is 0.00714. The summed E-state index contributed by atoms with van der Waals surface area (Å²) in [5.74, 6) is -1.07. The van der Waals surface area contributed by atoms with Crippen LogP contribution >= 0.6 is 0 Å². The van der Waals surface area contributed by atoms with E-state index in [1.807, 2.05) is 0 Å². The Labute approximate surface area is 133 Å². The molecular weight excluding hydrogens is 306 g/mol. The first kappa shape index (κ1) is 17.5. The summed E-state index contributed by atoms with van der Waals surface area (Å²) in [5.41, 5.74) is 0.914. The first-order valence-electron chi connectivity index (χ1n) is 7.50. The van der Waals surface area contributed by atoms with E-state index in [4.69, 9.17) is 14.2 Å². The van der Waals surface area contributed by atoms with Crippen molar-refractivity contribution >= 4 is 11.9 Å². The Morgan fingerprint density at radius 1 is 1.30 bits per heavy atom. The van der Waals surface area contributed by atoms with E-state index in [-0.39, 0.29) is 31.8 Å². The molecule has 23 heavy (non-hydrogen) atoms. The molecule has 1 aliphatic rings. The number of hydrogen-bond acceptors (Lipinski definition) is 7. The summed E-state index contributed by atoms with van der Waals surface area (Å²) in [6, 6.07) is 1.47. The highest BCUT2D eigenvalue weighted by molar-refractivity contribution is 5.92. The van der Waals surface area contributed by atoms with E-state index >= 15 is 0 Å². The number of aliphatic hydroxyl groups is 2. The van der Waals surface area contributed by atoms with Gasteiger partial charge in [-0.3, -0.25) is 4.79 Å². The van der Waals surface area contributed by atoms with Crippen molar-refractivity contribution in [1.29, 1.82) is 0 Å². The zero-order chi connectivity index (χ0) is 17.0. The molecule has 0 aromatic carbocycles. The molecular formula is C15H21NO7. The summed E-state index contributed by atoms with van der Waals surface area (Å²) in [6.07, 6.45) is -3.04. The molecule has 128 valence electrons. The zero-order valence-electron chi connectivity index (χ0n) is 13.1. The molecule has 1 aromatic rings. The monoisotopic (exact) mass is 327 g/mol. The molecule has 0 aliphatic carbocycles. The maximum absolute atomic E-state index is 12.0. The van der Waals surface area contributed by atoms with Gasteiger partial charge in [-0.05, 0) is 19.9 Å². The van der Waals surface area contributed by atoms with Gasteiger partial charge in [0.1, 0.15) is 18.3 Å². The maximum Gasteiger partial charge on any atom is 0.339 e. The van der Waals surface area contributed by atoms with Crippen LogP contribution in [0, 0.1) is 0 Å². The van der Waals surface area contributed by atoms with Crippen LogP contribution in [-0.4, -0.2) is 59.2 Å². The number of nitrogens with one attached hydrogen (secondary N) is 1. The van der Waals surface area contributed by atoms with Crippen LogP contribution in [0.15, 0.2) is 6.07 Å². The van der Waals surface area contributed by atoms with Gasteiger partial charge >= 0.3 is 11.9 Å². The number of carbonyl (C=O) groups is 2. The lowest BCUT2D eigenvalue weighted by molar-refractivity contribution is -0.142. The predicted molar refractivity (Wildman–Crippen MR) is 77.8 cm³/mol. The van der Waals surface area contributed by atoms with Crippen molar-refractivity contribution in [1.82, 2.24) is 4.98 Å². The Balaban J connectivity index is 2.27. The lowest BCUT2D eigenvalue weighted by Gasteiger charge is -2.13. The van der Waals surface area contributed by atoms with Gasteiger partial charge in [-0.2, -0.15) is 0 Å². The standard InChI is InChI=1S/C15H21NO7/c1-3-21-12(18)6-9-8(15(20)22-4-2)5-10(16-9)14-13(19)11(17)7-23-14/h5,11,13-14,16-17,19H,3-4,6-7H2,1-2H3/t11-,13+,14-/m1/s1. The minimum Gasteiger partial charge on any atom is -0.466 e. The molecule has 0 saturated carbocycles. The van der Waals surface area contributed by atoms with Crippen LogP contribution in [0.1, 0.15) is 41.7 Å². The van der Waals surface area contributed by atoms with Gasteiger partial charge < -0.3 is 29.4 Å². The van der Waals surface area contributed by atoms with Gasteiger partial charge in [0.15, 0.2) is 0 Å². The molecule has 3 N–H and O–H groups in total. The van der Waals surface area contributed by atoms with Crippen molar-refractivity contribution in [3.63, 3.8) is 0 Å². The molecule has 8 heteroatoms. The molecule has 1 aliphatic heterocycles. The number of ether oxygens (including phenoxy) is 3. The second kappa shape index (κ2) is 7.58. The topological polar surface area (TPSA) is 118 Å². The molecule has 0 bridgehead atoms. The van der Waals surface area contributed by atoms with Crippen molar-refractivity contribution in [3.8, 4) is 0 Å². The van der Waals surface area contributed by atoms with E-state index in [1.54, 1.807) is 13.8 Å². The molecule has 8 nitrogen and oxygen atoms in total. The number of carbonyl (C=O) groups excluding carboxylic acids is 2. The third-order valence-electron chi connectivity index (χ3n) is 3.50. The Kier molecular flexibility index (Phi) is 5.75. The van der Waals surface area contributed by atoms with Gasteiger partial charge in [0.2, 0.25) is 0 Å². The summed E-state index contributed by atoms with van der Waals surface area (Å²) in [7, 11) is 0. The van der Waals surface area contributed by atoms with E-state index in [2.05, 4.69) is 4.98 Å². The van der Waals surface area contributed by atoms with Crippen molar-refractivity contribution in [2.45, 2.75) is 38.6 Å². The number of H-pyrrole nitrogens is 1. The fourth-order valence-electron chi connectivity index (χ4n) is 2.44. The van der Waals surface area contributed by atoms with Gasteiger partial charge in [-0.15, -0.1) is 0 Å². The lowest BCUT2D eigenvalue weighted by Crippen LogP contribution is -2.25. The highest BCUT2D eigenvalue weighted by Crippen LogP contribution is 2.30. The van der Waals surface area contributed by atoms with Crippen molar-refractivity contribution in [2.24, 2.45) is 0 Å². The minimum atomic E-state index is -1.11. The molecule has 0 spiro atoms. The van der Waals surface area contributed by atoms with E-state index < -0.39 is 30.3 Å². The van der Waals surface area contributed by atoms with Crippen LogP contribution in [0.4, 0.5) is 0 Å². The molecule has 3 atom stereocenters. The van der Waals surface area contributed by atoms with Gasteiger partial charge in [0.05, 0.1) is 31.8 Å². The zero-order valence-corrected chi connectivity index (χ0v) is 13.1. The van der Waals surface area contributed by atoms with E-state index in [9.17, 15) is 19.8 Å². The first-order valence-corrected chi connectivity index (χ1v) is 7.50. The second-order valence-electron chi connectivity index (χ2n) is 5.13. The van der Waals surface area contributed by atoms with Crippen LogP contribution in [0.3, 0.4) is 0 Å². The smallest absolute Gasteiger partial charge is 0.339 e. The van der Waals surface area contributed by atoms with Crippen LogP contribution in [0.5, 0.6) is 0 Å². The Morgan fingerprint density at radius 2 is 2.00 bits per heavy atom. The molecule has 1 fully saturated rings. The molecule has 0 unspecified atom stereocenters. The van der Waals surface area contributed by atoms with E-state index in [1.165, 1.54) is 6.07 Å². The van der Waals surface area contributed by atoms with Gasteiger partial charge in [-0.1, -0.05) is 0 Å². The Morgan fingerprint density at radius 3 is 2.57 bits per heavy atom. The highest BCUT2D eigenvalue weighted by atomic mass is 16.5. The lowest BCUT2D eigenvalue weighted by atomic mass is 10.1. The number of aromatic nitrogens is 1. The van der Waals surface area contributed by atoms with Crippen molar-refractivity contribution < 1.29 is 34.0 Å². The molecule has 2 rings (SSSR count). The van der Waals surface area contributed by atoms with Crippen molar-refractivity contribution in [3.05, 3.63) is 23.0 Å². The largest absolute Gasteiger partial charge is 0.466 e. The Hall–Kier alpha value is -1.90. The maximum atomic E-state index is 12.0. The van der Waals surface area contributed by atoms with Gasteiger partial charge in [0, 0.05) is 11.4 Å². The normalized spacial score (nSPS) is 23.7. The molecule has 2 heterocycles. The summed E-state index contributed by atoms with van der Waals surface area (Å²) in [6.45, 7) is 3.79. The van der Waals surface area contributed by atoms with Crippen molar-refractivity contribution in [2.75, 3.05) is 19.8 Å². The van der Waals surface area contributed by atoms with Crippen LogP contribution < -0.4 is 0 Å². The Bertz CT molecular complexity index is 568. The third-order valence-corrected chi connectivity index (χ3v) is 3.50. The second-order valence-corrected chi connectivity index (χ2v) is 5.13. The first-order chi connectivity index (χ1) is 11.0.